The molecule has 2 aliphatic rings. The van der Waals surface area contributed by atoms with Gasteiger partial charge >= 0.3 is 0 Å². The van der Waals surface area contributed by atoms with Crippen LogP contribution in [0.4, 0.5) is 0 Å². The van der Waals surface area contributed by atoms with Crippen molar-refractivity contribution in [1.82, 2.24) is 0 Å². The van der Waals surface area contributed by atoms with Crippen LogP contribution in [-0.2, 0) is 0 Å². The minimum atomic E-state index is 0.520. The molecule has 0 amide bonds. The van der Waals surface area contributed by atoms with E-state index in [9.17, 15) is 0 Å². The van der Waals surface area contributed by atoms with E-state index in [0.29, 0.717) is 10.8 Å². The van der Waals surface area contributed by atoms with Gasteiger partial charge in [-0.25, -0.2) is 0 Å². The van der Waals surface area contributed by atoms with Gasteiger partial charge in [-0.15, -0.1) is 0 Å². The molecule has 0 aromatic carbocycles. The Labute approximate surface area is 128 Å². The minimum Gasteiger partial charge on any atom is -0.0651 e. The zero-order chi connectivity index (χ0) is 15.3. The summed E-state index contributed by atoms with van der Waals surface area (Å²) >= 11 is 0. The predicted molar refractivity (Wildman–Crippen MR) is 89.7 cm³/mol. The summed E-state index contributed by atoms with van der Waals surface area (Å²) in [5, 5.41) is 0. The fourth-order valence-corrected chi connectivity index (χ4v) is 5.32. The van der Waals surface area contributed by atoms with E-state index in [4.69, 9.17) is 0 Å². The van der Waals surface area contributed by atoms with Crippen molar-refractivity contribution in [3.05, 3.63) is 0 Å². The van der Waals surface area contributed by atoms with E-state index in [-0.39, 0.29) is 0 Å². The summed E-state index contributed by atoms with van der Waals surface area (Å²) in [5.41, 5.74) is 1.14. The van der Waals surface area contributed by atoms with Gasteiger partial charge in [-0.3, -0.25) is 0 Å². The predicted octanol–water partition coefficient (Wildman–Crippen LogP) is 6.40. The molecule has 2 aliphatic carbocycles. The van der Waals surface area contributed by atoms with Gasteiger partial charge in [-0.1, -0.05) is 61.8 Å². The highest BCUT2D eigenvalue weighted by Gasteiger charge is 2.58. The maximum absolute atomic E-state index is 2.58. The summed E-state index contributed by atoms with van der Waals surface area (Å²) in [6, 6.07) is 0. The van der Waals surface area contributed by atoms with Crippen molar-refractivity contribution in [3.63, 3.8) is 0 Å². The number of hydrogen-bond donors (Lipinski definition) is 0. The fourth-order valence-electron chi connectivity index (χ4n) is 5.32. The quantitative estimate of drug-likeness (QED) is 0.505. The minimum absolute atomic E-state index is 0.520. The smallest absolute Gasteiger partial charge is 0.0264 e. The molecular weight excluding hydrogens is 240 g/mol. The molecule has 0 aromatic heterocycles. The summed E-state index contributed by atoms with van der Waals surface area (Å²) in [6.07, 6.45) is 5.79. The van der Waals surface area contributed by atoms with Crippen LogP contribution in [0.5, 0.6) is 0 Å². The molecule has 0 N–H and O–H groups in total. The highest BCUT2D eigenvalue weighted by molar-refractivity contribution is 5.07. The van der Waals surface area contributed by atoms with Crippen LogP contribution in [0, 0.1) is 46.3 Å². The Morgan fingerprint density at radius 1 is 1.15 bits per heavy atom. The Kier molecular flexibility index (Phi) is 4.36. The standard InChI is InChI=1S/C20H38/c1-9-16-11-17(16)18(10-13(2)3)19(6,7)12-20(8)14(4)15(20)5/h13-18H,9-12H2,1-8H3. The second kappa shape index (κ2) is 5.33. The van der Waals surface area contributed by atoms with Crippen molar-refractivity contribution in [2.45, 2.75) is 81.1 Å². The molecule has 118 valence electrons. The van der Waals surface area contributed by atoms with Gasteiger partial charge in [-0.05, 0) is 65.6 Å². The molecule has 0 saturated heterocycles. The second-order valence-electron chi connectivity index (χ2n) is 9.55. The van der Waals surface area contributed by atoms with Gasteiger partial charge in [-0.2, -0.15) is 0 Å². The van der Waals surface area contributed by atoms with Gasteiger partial charge in [0.2, 0.25) is 0 Å². The van der Waals surface area contributed by atoms with Gasteiger partial charge in [0.25, 0.3) is 0 Å². The Morgan fingerprint density at radius 2 is 1.70 bits per heavy atom. The first kappa shape index (κ1) is 16.4. The third kappa shape index (κ3) is 2.95. The van der Waals surface area contributed by atoms with E-state index in [0.717, 1.165) is 35.5 Å². The molecule has 0 bridgehead atoms. The maximum Gasteiger partial charge on any atom is -0.0264 e. The average molecular weight is 279 g/mol. The van der Waals surface area contributed by atoms with Crippen molar-refractivity contribution in [2.24, 2.45) is 46.3 Å². The first-order valence-corrected chi connectivity index (χ1v) is 9.13. The first-order valence-electron chi connectivity index (χ1n) is 9.13. The topological polar surface area (TPSA) is 0 Å². The van der Waals surface area contributed by atoms with Crippen molar-refractivity contribution >= 4 is 0 Å². The highest BCUT2D eigenvalue weighted by atomic mass is 14.6. The van der Waals surface area contributed by atoms with E-state index < -0.39 is 0 Å². The molecule has 0 radical (unpaired) electrons. The Hall–Kier alpha value is 0. The number of hydrogen-bond acceptors (Lipinski definition) is 0. The van der Waals surface area contributed by atoms with Gasteiger partial charge in [0, 0.05) is 0 Å². The Balaban J connectivity index is 2.07. The van der Waals surface area contributed by atoms with Gasteiger partial charge in [0.05, 0.1) is 0 Å². The highest BCUT2D eigenvalue weighted by Crippen LogP contribution is 2.66. The van der Waals surface area contributed by atoms with Crippen molar-refractivity contribution < 1.29 is 0 Å². The summed E-state index contributed by atoms with van der Waals surface area (Å²) in [6.45, 7) is 19.8. The van der Waals surface area contributed by atoms with E-state index in [1.165, 1.54) is 25.7 Å². The third-order valence-corrected chi connectivity index (χ3v) is 7.31. The third-order valence-electron chi connectivity index (χ3n) is 7.31. The molecule has 0 heteroatoms. The van der Waals surface area contributed by atoms with Crippen molar-refractivity contribution in [1.29, 1.82) is 0 Å². The zero-order valence-electron chi connectivity index (χ0n) is 15.3. The van der Waals surface area contributed by atoms with Crippen LogP contribution in [0.3, 0.4) is 0 Å². The monoisotopic (exact) mass is 278 g/mol. The lowest BCUT2D eigenvalue weighted by molar-refractivity contribution is 0.104. The molecule has 2 fully saturated rings. The van der Waals surface area contributed by atoms with E-state index in [2.05, 4.69) is 55.4 Å². The van der Waals surface area contributed by atoms with Crippen LogP contribution in [0.15, 0.2) is 0 Å². The molecular formula is C20H38. The molecule has 20 heavy (non-hydrogen) atoms. The summed E-state index contributed by atoms with van der Waals surface area (Å²) in [7, 11) is 0. The van der Waals surface area contributed by atoms with Crippen LogP contribution >= 0.6 is 0 Å². The molecule has 5 unspecified atom stereocenters. The van der Waals surface area contributed by atoms with Gasteiger partial charge < -0.3 is 0 Å². The fraction of sp³-hybridized carbons (Fsp3) is 1.00. The van der Waals surface area contributed by atoms with Crippen LogP contribution in [0.2, 0.25) is 0 Å². The van der Waals surface area contributed by atoms with E-state index >= 15 is 0 Å². The molecule has 5 atom stereocenters. The van der Waals surface area contributed by atoms with Crippen molar-refractivity contribution in [2.75, 3.05) is 0 Å². The van der Waals surface area contributed by atoms with Crippen LogP contribution in [-0.4, -0.2) is 0 Å². The summed E-state index contributed by atoms with van der Waals surface area (Å²) < 4.78 is 0. The Morgan fingerprint density at radius 3 is 2.05 bits per heavy atom. The molecule has 0 aromatic rings. The SMILES string of the molecule is CCC1CC1C(CC(C)C)C(C)(C)CC1(C)C(C)C1C. The van der Waals surface area contributed by atoms with Crippen molar-refractivity contribution in [3.8, 4) is 0 Å². The van der Waals surface area contributed by atoms with Gasteiger partial charge in [0.1, 0.15) is 0 Å². The summed E-state index contributed by atoms with van der Waals surface area (Å²) in [4.78, 5) is 0. The molecule has 0 spiro atoms. The second-order valence-corrected chi connectivity index (χ2v) is 9.55. The average Bonchev–Trinajstić information content (AvgIpc) is 3.20. The van der Waals surface area contributed by atoms with Crippen LogP contribution in [0.25, 0.3) is 0 Å². The lowest BCUT2D eigenvalue weighted by atomic mass is 9.66. The normalized spacial score (nSPS) is 41.9. The number of rotatable bonds is 7. The lowest BCUT2D eigenvalue weighted by Crippen LogP contribution is -2.31. The van der Waals surface area contributed by atoms with Crippen LogP contribution < -0.4 is 0 Å². The lowest BCUT2D eigenvalue weighted by Gasteiger charge is -2.39. The largest absolute Gasteiger partial charge is 0.0651 e. The van der Waals surface area contributed by atoms with E-state index in [1.54, 1.807) is 0 Å². The van der Waals surface area contributed by atoms with Gasteiger partial charge in [0.15, 0.2) is 0 Å². The van der Waals surface area contributed by atoms with Crippen LogP contribution in [0.1, 0.15) is 81.1 Å². The summed E-state index contributed by atoms with van der Waals surface area (Å²) in [5.74, 6) is 5.74. The molecule has 2 saturated carbocycles. The molecule has 2 rings (SSSR count). The van der Waals surface area contributed by atoms with E-state index in [1.807, 2.05) is 0 Å². The Bertz CT molecular complexity index is 330. The first-order chi connectivity index (χ1) is 9.13. The maximum atomic E-state index is 2.58. The molecule has 0 nitrogen and oxygen atoms in total. The molecule has 0 heterocycles. The zero-order valence-corrected chi connectivity index (χ0v) is 15.3. The molecule has 0 aliphatic heterocycles.